The molecule has 0 unspecified atom stereocenters. The number of amides is 2. The zero-order valence-electron chi connectivity index (χ0n) is 25.1. The van der Waals surface area contributed by atoms with Crippen LogP contribution in [0, 0.1) is 0 Å². The van der Waals surface area contributed by atoms with E-state index in [-0.39, 0.29) is 5.91 Å². The number of carbonyl (C=O) groups is 2. The second-order valence-corrected chi connectivity index (χ2v) is 11.0. The smallest absolute Gasteiger partial charge is 0.251 e. The highest BCUT2D eigenvalue weighted by atomic mass is 16.5. The Morgan fingerprint density at radius 3 is 2.49 bits per heavy atom. The summed E-state index contributed by atoms with van der Waals surface area (Å²) < 4.78 is 16.6. The second kappa shape index (κ2) is 15.0. The van der Waals surface area contributed by atoms with E-state index in [1.807, 2.05) is 67.6 Å². The molecule has 226 valence electrons. The molecule has 0 aromatic heterocycles. The first-order chi connectivity index (χ1) is 21.0. The Labute approximate surface area is 254 Å². The van der Waals surface area contributed by atoms with Crippen LogP contribution in [0.15, 0.2) is 72.3 Å². The number of ether oxygens (including phenoxy) is 3. The molecule has 2 heterocycles. The van der Waals surface area contributed by atoms with Gasteiger partial charge in [-0.05, 0) is 98.0 Å². The highest BCUT2D eigenvalue weighted by Gasteiger charge is 2.21. The number of nitrogens with one attached hydrogen (secondary N) is 1. The maximum atomic E-state index is 13.4. The van der Waals surface area contributed by atoms with Gasteiger partial charge in [-0.2, -0.15) is 0 Å². The molecule has 1 fully saturated rings. The maximum Gasteiger partial charge on any atom is 0.251 e. The number of carbonyl (C=O) groups excluding carboxylic acids is 2. The van der Waals surface area contributed by atoms with Gasteiger partial charge in [0.2, 0.25) is 6.41 Å². The van der Waals surface area contributed by atoms with Crippen molar-refractivity contribution in [2.24, 2.45) is 0 Å². The summed E-state index contributed by atoms with van der Waals surface area (Å²) >= 11 is 0. The van der Waals surface area contributed by atoms with E-state index in [0.717, 1.165) is 72.8 Å². The van der Waals surface area contributed by atoms with Crippen LogP contribution in [0.5, 0.6) is 5.75 Å². The Bertz CT molecular complexity index is 1400. The van der Waals surface area contributed by atoms with Crippen LogP contribution in [0.4, 0.5) is 11.4 Å². The molecule has 0 atom stereocenters. The normalized spacial score (nSPS) is 15.4. The highest BCUT2D eigenvalue weighted by molar-refractivity contribution is 6.08. The summed E-state index contributed by atoms with van der Waals surface area (Å²) in [6.07, 6.45) is 5.30. The van der Waals surface area contributed by atoms with Crippen molar-refractivity contribution in [2.75, 3.05) is 56.8 Å². The van der Waals surface area contributed by atoms with Gasteiger partial charge in [0.25, 0.3) is 5.91 Å². The summed E-state index contributed by atoms with van der Waals surface area (Å²) in [5.41, 5.74) is 6.20. The number of hydrogen-bond acceptors (Lipinski definition) is 6. The van der Waals surface area contributed by atoms with Crippen LogP contribution in [0.2, 0.25) is 0 Å². The monoisotopic (exact) mass is 583 g/mol. The lowest BCUT2D eigenvalue weighted by Crippen LogP contribution is -2.36. The van der Waals surface area contributed by atoms with Crippen molar-refractivity contribution in [2.45, 2.75) is 38.8 Å². The van der Waals surface area contributed by atoms with Gasteiger partial charge >= 0.3 is 0 Å². The summed E-state index contributed by atoms with van der Waals surface area (Å²) in [5.74, 6) is 0.619. The van der Waals surface area contributed by atoms with E-state index in [4.69, 9.17) is 14.2 Å². The molecule has 0 aliphatic carbocycles. The lowest BCUT2D eigenvalue weighted by molar-refractivity contribution is -0.113. The number of benzene rings is 3. The first kappa shape index (κ1) is 30.5. The zero-order valence-corrected chi connectivity index (χ0v) is 25.1. The first-order valence-corrected chi connectivity index (χ1v) is 15.1. The molecule has 2 amide bonds. The van der Waals surface area contributed by atoms with Gasteiger partial charge in [0.05, 0.1) is 12.3 Å². The summed E-state index contributed by atoms with van der Waals surface area (Å²) in [6.45, 7) is 6.62. The molecule has 3 aromatic rings. The zero-order chi connectivity index (χ0) is 30.0. The average Bonchev–Trinajstić information content (AvgIpc) is 3.24. The number of anilines is 2. The molecule has 0 bridgehead atoms. The van der Waals surface area contributed by atoms with Crippen molar-refractivity contribution >= 4 is 29.8 Å². The molecule has 1 saturated heterocycles. The fraction of sp³-hybridized carbons (Fsp3) is 0.371. The summed E-state index contributed by atoms with van der Waals surface area (Å²) in [5, 5.41) is 3.06. The Hall–Kier alpha value is -3.98. The number of rotatable bonds is 12. The average molecular weight is 584 g/mol. The molecule has 8 nitrogen and oxygen atoms in total. The van der Waals surface area contributed by atoms with Crippen molar-refractivity contribution in [3.05, 3.63) is 83.4 Å². The highest BCUT2D eigenvalue weighted by Crippen LogP contribution is 2.33. The minimum absolute atomic E-state index is 0.162. The van der Waals surface area contributed by atoms with E-state index in [2.05, 4.69) is 29.4 Å². The van der Waals surface area contributed by atoms with Crippen molar-refractivity contribution in [1.29, 1.82) is 0 Å². The Morgan fingerprint density at radius 1 is 1.02 bits per heavy atom. The van der Waals surface area contributed by atoms with Gasteiger partial charge in [-0.25, -0.2) is 0 Å². The third kappa shape index (κ3) is 8.10. The van der Waals surface area contributed by atoms with Gasteiger partial charge < -0.3 is 24.4 Å². The Morgan fingerprint density at radius 2 is 1.77 bits per heavy atom. The van der Waals surface area contributed by atoms with Gasteiger partial charge in [0.1, 0.15) is 12.4 Å². The van der Waals surface area contributed by atoms with Crippen LogP contribution >= 0.6 is 0 Å². The standard InChI is InChI=1S/C35H41N3O5/c1-3-41-20-21-43-33-11-6-27(7-12-33)28-8-13-34-30(22-28)23-29(14-17-38(34)25-39)35(40)36-31-9-4-26(5-10-31)24-37(2)32-15-18-42-19-16-32/h4-13,22-23,25,32H,3,14-21,24H2,1-2H3,(H,36,40). The molecule has 43 heavy (non-hydrogen) atoms. The van der Waals surface area contributed by atoms with Crippen LogP contribution in [0.1, 0.15) is 37.3 Å². The van der Waals surface area contributed by atoms with Gasteiger partial charge in [0, 0.05) is 50.2 Å². The van der Waals surface area contributed by atoms with Crippen LogP contribution in [0.3, 0.4) is 0 Å². The quantitative estimate of drug-likeness (QED) is 0.216. The van der Waals surface area contributed by atoms with Crippen molar-refractivity contribution in [1.82, 2.24) is 4.90 Å². The minimum atomic E-state index is -0.162. The van der Waals surface area contributed by atoms with E-state index >= 15 is 0 Å². The second-order valence-electron chi connectivity index (χ2n) is 11.0. The van der Waals surface area contributed by atoms with E-state index in [1.54, 1.807) is 4.90 Å². The molecular formula is C35H41N3O5. The van der Waals surface area contributed by atoms with Crippen LogP contribution in [-0.2, 0) is 25.6 Å². The summed E-state index contributed by atoms with van der Waals surface area (Å²) in [6, 6.07) is 22.4. The van der Waals surface area contributed by atoms with E-state index in [1.165, 1.54) is 5.56 Å². The van der Waals surface area contributed by atoms with Crippen LogP contribution in [0.25, 0.3) is 17.2 Å². The van der Waals surface area contributed by atoms with E-state index in [0.29, 0.717) is 44.4 Å². The van der Waals surface area contributed by atoms with Gasteiger partial charge in [-0.3, -0.25) is 14.5 Å². The molecule has 0 spiro atoms. The van der Waals surface area contributed by atoms with E-state index < -0.39 is 0 Å². The number of fused-ring (bicyclic) bond motifs is 1. The Balaban J connectivity index is 1.27. The molecule has 2 aliphatic rings. The van der Waals surface area contributed by atoms with Gasteiger partial charge in [0.15, 0.2) is 0 Å². The predicted molar refractivity (Wildman–Crippen MR) is 170 cm³/mol. The third-order valence-electron chi connectivity index (χ3n) is 8.05. The van der Waals surface area contributed by atoms with Gasteiger partial charge in [-0.15, -0.1) is 0 Å². The lowest BCUT2D eigenvalue weighted by atomic mass is 10.00. The summed E-state index contributed by atoms with van der Waals surface area (Å²) in [4.78, 5) is 29.4. The maximum absolute atomic E-state index is 13.4. The molecule has 2 aliphatic heterocycles. The van der Waals surface area contributed by atoms with Crippen LogP contribution in [-0.4, -0.2) is 69.9 Å². The molecule has 3 aromatic carbocycles. The molecule has 1 N–H and O–H groups in total. The van der Waals surface area contributed by atoms with Crippen molar-refractivity contribution in [3.8, 4) is 16.9 Å². The minimum Gasteiger partial charge on any atom is -0.491 e. The largest absolute Gasteiger partial charge is 0.491 e. The fourth-order valence-corrected chi connectivity index (χ4v) is 5.58. The van der Waals surface area contributed by atoms with Crippen molar-refractivity contribution < 1.29 is 23.8 Å². The SMILES string of the molecule is CCOCCOc1ccc(-c2ccc3c(c2)C=C(C(=O)Nc2ccc(CN(C)C4CCOCC4)cc2)CCN3C=O)cc1. The topological polar surface area (TPSA) is 80.3 Å². The lowest BCUT2D eigenvalue weighted by Gasteiger charge is -2.31. The number of hydrogen-bond donors (Lipinski definition) is 1. The summed E-state index contributed by atoms with van der Waals surface area (Å²) in [7, 11) is 2.16. The predicted octanol–water partition coefficient (Wildman–Crippen LogP) is 5.77. The molecular weight excluding hydrogens is 542 g/mol. The molecule has 8 heteroatoms. The number of nitrogens with zero attached hydrogens (tertiary/aromatic N) is 2. The molecule has 0 saturated carbocycles. The Kier molecular flexibility index (Phi) is 10.6. The third-order valence-corrected chi connectivity index (χ3v) is 8.05. The fourth-order valence-electron chi connectivity index (χ4n) is 5.58. The molecule has 5 rings (SSSR count). The van der Waals surface area contributed by atoms with Gasteiger partial charge in [-0.1, -0.05) is 30.3 Å². The van der Waals surface area contributed by atoms with Crippen LogP contribution < -0.4 is 15.0 Å². The first-order valence-electron chi connectivity index (χ1n) is 15.1. The molecule has 0 radical (unpaired) electrons. The van der Waals surface area contributed by atoms with E-state index in [9.17, 15) is 9.59 Å². The van der Waals surface area contributed by atoms with Crippen molar-refractivity contribution in [3.63, 3.8) is 0 Å².